The van der Waals surface area contributed by atoms with E-state index in [0.717, 1.165) is 30.8 Å². The second kappa shape index (κ2) is 8.47. The third kappa shape index (κ3) is 5.94. The van der Waals surface area contributed by atoms with E-state index in [1.807, 2.05) is 6.92 Å². The molecule has 0 radical (unpaired) electrons. The molecule has 1 fully saturated rings. The highest BCUT2D eigenvalue weighted by molar-refractivity contribution is 7.91. The zero-order valence-electron chi connectivity index (χ0n) is 15.6. The summed E-state index contributed by atoms with van der Waals surface area (Å²) in [6.45, 7) is 5.91. The van der Waals surface area contributed by atoms with Crippen LogP contribution in [0.1, 0.15) is 24.0 Å². The Morgan fingerprint density at radius 2 is 2.08 bits per heavy atom. The fraction of sp³-hybridized carbons (Fsp3) is 0.611. The Kier molecular flexibility index (Phi) is 6.82. The van der Waals surface area contributed by atoms with Gasteiger partial charge in [-0.05, 0) is 49.7 Å². The van der Waals surface area contributed by atoms with Gasteiger partial charge in [-0.3, -0.25) is 0 Å². The van der Waals surface area contributed by atoms with Crippen molar-refractivity contribution in [1.29, 1.82) is 0 Å². The highest BCUT2D eigenvalue weighted by Gasteiger charge is 2.33. The maximum atomic E-state index is 11.9. The molecular weight excluding hydrogens is 354 g/mol. The molecule has 1 aliphatic heterocycles. The normalized spacial score (nSPS) is 19.2. The summed E-state index contributed by atoms with van der Waals surface area (Å²) in [4.78, 5) is 3.47. The van der Waals surface area contributed by atoms with E-state index in [1.54, 1.807) is 0 Å². The first-order chi connectivity index (χ1) is 11.7. The topological polar surface area (TPSA) is 53.9 Å². The Labute approximate surface area is 157 Å². The third-order valence-corrected chi connectivity index (χ3v) is 6.71. The molecule has 0 aromatic heterocycles. The highest BCUT2D eigenvalue weighted by atomic mass is 32.2. The summed E-state index contributed by atoms with van der Waals surface area (Å²) in [6, 6.07) is 6.20. The van der Waals surface area contributed by atoms with Crippen molar-refractivity contribution in [2.45, 2.75) is 32.7 Å². The van der Waals surface area contributed by atoms with Crippen LogP contribution in [0.4, 0.5) is 5.69 Å². The number of aryl methyl sites for hydroxylation is 2. The van der Waals surface area contributed by atoms with Crippen LogP contribution in [0.15, 0.2) is 18.2 Å². The van der Waals surface area contributed by atoms with E-state index in [2.05, 4.69) is 49.4 Å². The van der Waals surface area contributed by atoms with Crippen LogP contribution in [0, 0.1) is 13.8 Å². The molecule has 0 spiro atoms. The van der Waals surface area contributed by atoms with E-state index in [9.17, 15) is 8.42 Å². The maximum absolute atomic E-state index is 11.9. The van der Waals surface area contributed by atoms with E-state index in [1.165, 1.54) is 10.5 Å². The lowest BCUT2D eigenvalue weighted by atomic mass is 10.1. The van der Waals surface area contributed by atoms with Gasteiger partial charge in [0.2, 0.25) is 0 Å². The fourth-order valence-electron chi connectivity index (χ4n) is 3.13. The van der Waals surface area contributed by atoms with Crippen LogP contribution in [0.5, 0.6) is 0 Å². The molecule has 1 aromatic rings. The molecule has 0 amide bonds. The number of nitrogens with one attached hydrogen (secondary N) is 2. The first-order valence-electron chi connectivity index (χ1n) is 8.82. The third-order valence-electron chi connectivity index (χ3n) is 4.62. The van der Waals surface area contributed by atoms with Crippen LogP contribution in [-0.4, -0.2) is 63.2 Å². The number of sulfone groups is 1. The van der Waals surface area contributed by atoms with Crippen LogP contribution < -0.4 is 10.2 Å². The summed E-state index contributed by atoms with van der Waals surface area (Å²) in [7, 11) is 1.31. The second-order valence-corrected chi connectivity index (χ2v) is 9.92. The fourth-order valence-corrected chi connectivity index (χ4v) is 5.21. The summed E-state index contributed by atoms with van der Waals surface area (Å²) in [5.74, 6) is 0.468. The van der Waals surface area contributed by atoms with Gasteiger partial charge in [0.25, 0.3) is 0 Å². The predicted octanol–water partition coefficient (Wildman–Crippen LogP) is 1.02. The summed E-state index contributed by atoms with van der Waals surface area (Å²) in [5.41, 5.74) is 3.29. The largest absolute Gasteiger partial charge is 0.345 e. The first kappa shape index (κ1) is 20.1. The number of hydrogen-bond donors (Lipinski definition) is 2. The van der Waals surface area contributed by atoms with Crippen LogP contribution in [0.25, 0.3) is 0 Å². The minimum Gasteiger partial charge on any atom is -0.345 e. The van der Waals surface area contributed by atoms with Crippen LogP contribution >= 0.6 is 12.2 Å². The van der Waals surface area contributed by atoms with Crippen molar-refractivity contribution in [3.8, 4) is 0 Å². The number of quaternary nitrogens is 1. The number of rotatable bonds is 6. The molecule has 0 aliphatic carbocycles. The molecule has 5 nitrogen and oxygen atoms in total. The minimum absolute atomic E-state index is 0.0210. The molecule has 25 heavy (non-hydrogen) atoms. The standard InChI is InChI=1S/C18H29N3O2S2/c1-14-6-7-15(2)17(12-14)19-18(24)21(10-5-9-20(3)4)16-8-11-25(22,23)13-16/h6-7,12,16H,5,8-11,13H2,1-4H3,(H,19,24)/p+1/t16-/m0/s1. The SMILES string of the molecule is Cc1ccc(C)c(NC(=S)N(CCC[NH+](C)C)[C@H]2CCS(=O)(=O)C2)c1. The summed E-state index contributed by atoms with van der Waals surface area (Å²) >= 11 is 5.66. The first-order valence-corrected chi connectivity index (χ1v) is 11.1. The number of benzene rings is 1. The van der Waals surface area contributed by atoms with Crippen LogP contribution in [-0.2, 0) is 9.84 Å². The van der Waals surface area contributed by atoms with Gasteiger partial charge in [0.1, 0.15) is 0 Å². The van der Waals surface area contributed by atoms with E-state index >= 15 is 0 Å². The van der Waals surface area contributed by atoms with E-state index in [4.69, 9.17) is 12.2 Å². The van der Waals surface area contributed by atoms with Gasteiger partial charge >= 0.3 is 0 Å². The van der Waals surface area contributed by atoms with Crippen molar-refractivity contribution in [1.82, 2.24) is 4.90 Å². The van der Waals surface area contributed by atoms with E-state index in [0.29, 0.717) is 11.5 Å². The molecule has 140 valence electrons. The Bertz CT molecular complexity index is 717. The Hall–Kier alpha value is -1.18. The Morgan fingerprint density at radius 3 is 2.68 bits per heavy atom. The number of thiocarbonyl (C=S) groups is 1. The van der Waals surface area contributed by atoms with Gasteiger partial charge in [-0.15, -0.1) is 0 Å². The average molecular weight is 385 g/mol. The van der Waals surface area contributed by atoms with Crippen LogP contribution in [0.2, 0.25) is 0 Å². The zero-order valence-corrected chi connectivity index (χ0v) is 17.3. The highest BCUT2D eigenvalue weighted by Crippen LogP contribution is 2.21. The van der Waals surface area contributed by atoms with Crippen molar-refractivity contribution < 1.29 is 13.3 Å². The lowest BCUT2D eigenvalue weighted by molar-refractivity contribution is -0.858. The van der Waals surface area contributed by atoms with Crippen molar-refractivity contribution in [3.63, 3.8) is 0 Å². The van der Waals surface area contributed by atoms with Gasteiger partial charge in [-0.2, -0.15) is 0 Å². The maximum Gasteiger partial charge on any atom is 0.173 e. The van der Waals surface area contributed by atoms with E-state index in [-0.39, 0.29) is 17.5 Å². The molecule has 0 bridgehead atoms. The lowest BCUT2D eigenvalue weighted by Gasteiger charge is -2.31. The van der Waals surface area contributed by atoms with Crippen molar-refractivity contribution in [2.24, 2.45) is 0 Å². The molecule has 1 heterocycles. The van der Waals surface area contributed by atoms with E-state index < -0.39 is 9.84 Å². The smallest absolute Gasteiger partial charge is 0.173 e. The lowest BCUT2D eigenvalue weighted by Crippen LogP contribution is -3.05. The number of anilines is 1. The number of hydrogen-bond acceptors (Lipinski definition) is 3. The Balaban J connectivity index is 2.12. The minimum atomic E-state index is -2.94. The molecule has 1 aliphatic rings. The molecule has 0 saturated carbocycles. The van der Waals surface area contributed by atoms with Gasteiger partial charge in [-0.1, -0.05) is 12.1 Å². The van der Waals surface area contributed by atoms with Gasteiger partial charge in [0.15, 0.2) is 14.9 Å². The van der Waals surface area contributed by atoms with Gasteiger partial charge in [0, 0.05) is 24.7 Å². The zero-order chi connectivity index (χ0) is 18.6. The second-order valence-electron chi connectivity index (χ2n) is 7.31. The van der Waals surface area contributed by atoms with Gasteiger partial charge in [0.05, 0.1) is 32.1 Å². The molecule has 7 heteroatoms. The molecule has 2 N–H and O–H groups in total. The van der Waals surface area contributed by atoms with Gasteiger partial charge < -0.3 is 15.1 Å². The summed E-state index contributed by atoms with van der Waals surface area (Å²) in [5, 5.41) is 3.98. The molecule has 2 rings (SSSR count). The Morgan fingerprint density at radius 1 is 1.36 bits per heavy atom. The molecule has 0 unspecified atom stereocenters. The summed E-state index contributed by atoms with van der Waals surface area (Å²) < 4.78 is 23.8. The molecule has 1 atom stereocenters. The average Bonchev–Trinajstić information content (AvgIpc) is 2.86. The van der Waals surface area contributed by atoms with Crippen molar-refractivity contribution in [2.75, 3.05) is 44.0 Å². The monoisotopic (exact) mass is 384 g/mol. The van der Waals surface area contributed by atoms with Crippen molar-refractivity contribution in [3.05, 3.63) is 29.3 Å². The summed E-state index contributed by atoms with van der Waals surface area (Å²) in [6.07, 6.45) is 1.64. The molecule has 1 aromatic carbocycles. The number of nitrogens with zero attached hydrogens (tertiary/aromatic N) is 1. The van der Waals surface area contributed by atoms with Gasteiger partial charge in [-0.25, -0.2) is 8.42 Å². The molecular formula is C18H30N3O2S2+. The molecule has 1 saturated heterocycles. The van der Waals surface area contributed by atoms with Crippen LogP contribution in [0.3, 0.4) is 0 Å². The quantitative estimate of drug-likeness (QED) is 0.718. The van der Waals surface area contributed by atoms with Crippen molar-refractivity contribution >= 4 is 32.9 Å². The predicted molar refractivity (Wildman–Crippen MR) is 108 cm³/mol.